The number of amides is 1. The first kappa shape index (κ1) is 17.7. The van der Waals surface area contributed by atoms with E-state index in [4.69, 9.17) is 14.6 Å². The molecule has 0 rings (SSSR count). The molecule has 6 heteroatoms. The fourth-order valence-corrected chi connectivity index (χ4v) is 1.23. The number of ether oxygens (including phenoxy) is 2. The molecule has 112 valence electrons. The summed E-state index contributed by atoms with van der Waals surface area (Å²) in [4.78, 5) is 22.9. The highest BCUT2D eigenvalue weighted by Crippen LogP contribution is 2.07. The Hall–Kier alpha value is -1.30. The van der Waals surface area contributed by atoms with Crippen LogP contribution in [0.3, 0.4) is 0 Å². The molecule has 0 unspecified atom stereocenters. The lowest BCUT2D eigenvalue weighted by atomic mass is 10.2. The van der Waals surface area contributed by atoms with Gasteiger partial charge in [-0.25, -0.2) is 4.79 Å². The summed E-state index contributed by atoms with van der Waals surface area (Å²) in [6.45, 7) is 7.22. The maximum Gasteiger partial charge on any atom is 0.407 e. The fourth-order valence-electron chi connectivity index (χ4n) is 1.23. The Morgan fingerprint density at radius 1 is 1.32 bits per heavy atom. The summed E-state index contributed by atoms with van der Waals surface area (Å²) in [7, 11) is 0. The van der Waals surface area contributed by atoms with Gasteiger partial charge >= 0.3 is 12.1 Å². The van der Waals surface area contributed by atoms with Crippen LogP contribution in [-0.4, -0.2) is 42.0 Å². The molecule has 0 saturated heterocycles. The Bertz CT molecular complexity index is 285. The number of aliphatic hydroxyl groups excluding tert-OH is 1. The molecule has 0 aliphatic heterocycles. The van der Waals surface area contributed by atoms with Crippen molar-refractivity contribution in [3.63, 3.8) is 0 Å². The van der Waals surface area contributed by atoms with Crippen LogP contribution in [0.4, 0.5) is 4.79 Å². The van der Waals surface area contributed by atoms with E-state index >= 15 is 0 Å². The predicted octanol–water partition coefficient (Wildman–Crippen LogP) is 1.61. The van der Waals surface area contributed by atoms with Crippen molar-refractivity contribution >= 4 is 12.1 Å². The quantitative estimate of drug-likeness (QED) is 0.544. The Morgan fingerprint density at radius 2 is 1.95 bits per heavy atom. The molecular formula is C13H25NO5. The first-order valence-electron chi connectivity index (χ1n) is 6.54. The zero-order valence-electron chi connectivity index (χ0n) is 12.2. The van der Waals surface area contributed by atoms with Crippen LogP contribution in [0.5, 0.6) is 0 Å². The number of aliphatic hydroxyl groups is 1. The van der Waals surface area contributed by atoms with Gasteiger partial charge in [-0.1, -0.05) is 13.3 Å². The standard InChI is InChI=1S/C13H25NO5/c1-5-6-7-18-11(16)8-10(9-15)14-12(17)19-13(2,3)4/h10,15H,5-9H2,1-4H3,(H,14,17)/t10-/m0/s1. The lowest BCUT2D eigenvalue weighted by Gasteiger charge is -2.22. The molecule has 0 aromatic rings. The summed E-state index contributed by atoms with van der Waals surface area (Å²) in [5.74, 6) is -0.441. The third-order valence-electron chi connectivity index (χ3n) is 2.12. The average molecular weight is 275 g/mol. The van der Waals surface area contributed by atoms with Gasteiger partial charge < -0.3 is 19.9 Å². The van der Waals surface area contributed by atoms with Crippen LogP contribution in [0.1, 0.15) is 47.0 Å². The highest BCUT2D eigenvalue weighted by Gasteiger charge is 2.21. The highest BCUT2D eigenvalue weighted by molar-refractivity contribution is 5.72. The zero-order chi connectivity index (χ0) is 14.9. The zero-order valence-corrected chi connectivity index (χ0v) is 12.2. The lowest BCUT2D eigenvalue weighted by molar-refractivity contribution is -0.144. The van der Waals surface area contributed by atoms with Gasteiger partial charge in [0.2, 0.25) is 0 Å². The SMILES string of the molecule is CCCCOC(=O)C[C@@H](CO)NC(=O)OC(C)(C)C. The number of nitrogens with one attached hydrogen (secondary N) is 1. The predicted molar refractivity (Wildman–Crippen MR) is 70.7 cm³/mol. The minimum Gasteiger partial charge on any atom is -0.466 e. The van der Waals surface area contributed by atoms with Gasteiger partial charge in [0.1, 0.15) is 5.60 Å². The third-order valence-corrected chi connectivity index (χ3v) is 2.12. The molecule has 0 saturated carbocycles. The van der Waals surface area contributed by atoms with E-state index in [0.29, 0.717) is 6.61 Å². The van der Waals surface area contributed by atoms with Crippen molar-refractivity contribution in [3.05, 3.63) is 0 Å². The van der Waals surface area contributed by atoms with Crippen molar-refractivity contribution in [3.8, 4) is 0 Å². The first-order valence-corrected chi connectivity index (χ1v) is 6.54. The molecule has 6 nitrogen and oxygen atoms in total. The maximum absolute atomic E-state index is 11.5. The maximum atomic E-state index is 11.5. The second kappa shape index (κ2) is 8.74. The van der Waals surface area contributed by atoms with Gasteiger partial charge in [0.25, 0.3) is 0 Å². The Labute approximate surface area is 114 Å². The number of esters is 1. The fraction of sp³-hybridized carbons (Fsp3) is 0.846. The van der Waals surface area contributed by atoms with Crippen LogP contribution in [-0.2, 0) is 14.3 Å². The van der Waals surface area contributed by atoms with E-state index in [1.807, 2.05) is 6.92 Å². The summed E-state index contributed by atoms with van der Waals surface area (Å²) in [5, 5.41) is 11.5. The smallest absolute Gasteiger partial charge is 0.407 e. The molecule has 0 aromatic carbocycles. The van der Waals surface area contributed by atoms with E-state index in [1.165, 1.54) is 0 Å². The van der Waals surface area contributed by atoms with E-state index < -0.39 is 23.7 Å². The van der Waals surface area contributed by atoms with Gasteiger partial charge in [-0.2, -0.15) is 0 Å². The largest absolute Gasteiger partial charge is 0.466 e. The van der Waals surface area contributed by atoms with Crippen molar-refractivity contribution in [2.24, 2.45) is 0 Å². The molecule has 0 aliphatic carbocycles. The molecular weight excluding hydrogens is 250 g/mol. The van der Waals surface area contributed by atoms with Crippen LogP contribution in [0, 0.1) is 0 Å². The summed E-state index contributed by atoms with van der Waals surface area (Å²) in [6.07, 6.45) is 1.01. The summed E-state index contributed by atoms with van der Waals surface area (Å²) in [5.41, 5.74) is -0.619. The number of unbranched alkanes of at least 4 members (excludes halogenated alkanes) is 1. The number of carbonyl (C=O) groups is 2. The van der Waals surface area contributed by atoms with Crippen LogP contribution < -0.4 is 5.32 Å². The second-order valence-electron chi connectivity index (χ2n) is 5.30. The molecule has 0 bridgehead atoms. The molecule has 0 aromatic heterocycles. The topological polar surface area (TPSA) is 84.9 Å². The molecule has 0 heterocycles. The molecule has 0 fully saturated rings. The van der Waals surface area contributed by atoms with Gasteiger partial charge in [-0.3, -0.25) is 4.79 Å². The summed E-state index contributed by atoms with van der Waals surface area (Å²) < 4.78 is 9.99. The van der Waals surface area contributed by atoms with Crippen molar-refractivity contribution in [2.75, 3.05) is 13.2 Å². The molecule has 0 spiro atoms. The normalized spacial score (nSPS) is 12.7. The van der Waals surface area contributed by atoms with Crippen molar-refractivity contribution in [2.45, 2.75) is 58.6 Å². The molecule has 1 amide bonds. The number of hydrogen-bond acceptors (Lipinski definition) is 5. The Morgan fingerprint density at radius 3 is 2.42 bits per heavy atom. The van der Waals surface area contributed by atoms with Crippen molar-refractivity contribution in [1.29, 1.82) is 0 Å². The second-order valence-corrected chi connectivity index (χ2v) is 5.30. The van der Waals surface area contributed by atoms with E-state index in [1.54, 1.807) is 20.8 Å². The average Bonchev–Trinajstić information content (AvgIpc) is 2.25. The summed E-state index contributed by atoms with van der Waals surface area (Å²) >= 11 is 0. The van der Waals surface area contributed by atoms with Crippen LogP contribution in [0.2, 0.25) is 0 Å². The molecule has 0 radical (unpaired) electrons. The molecule has 19 heavy (non-hydrogen) atoms. The van der Waals surface area contributed by atoms with E-state index in [0.717, 1.165) is 12.8 Å². The summed E-state index contributed by atoms with van der Waals surface area (Å²) in [6, 6.07) is -0.691. The van der Waals surface area contributed by atoms with E-state index in [-0.39, 0.29) is 13.0 Å². The Kier molecular flexibility index (Phi) is 8.14. The highest BCUT2D eigenvalue weighted by atomic mass is 16.6. The van der Waals surface area contributed by atoms with E-state index in [2.05, 4.69) is 5.32 Å². The van der Waals surface area contributed by atoms with Gasteiger partial charge in [-0.05, 0) is 27.2 Å². The van der Waals surface area contributed by atoms with Gasteiger partial charge in [0.15, 0.2) is 0 Å². The first-order chi connectivity index (χ1) is 8.78. The molecule has 0 aliphatic rings. The van der Waals surface area contributed by atoms with Gasteiger partial charge in [0, 0.05) is 0 Å². The van der Waals surface area contributed by atoms with Crippen LogP contribution in [0.15, 0.2) is 0 Å². The van der Waals surface area contributed by atoms with Gasteiger partial charge in [0.05, 0.1) is 25.7 Å². The third kappa shape index (κ3) is 10.3. The number of alkyl carbamates (subject to hydrolysis) is 1. The number of carbonyl (C=O) groups excluding carboxylic acids is 2. The monoisotopic (exact) mass is 275 g/mol. The minimum atomic E-state index is -0.691. The van der Waals surface area contributed by atoms with Gasteiger partial charge in [-0.15, -0.1) is 0 Å². The van der Waals surface area contributed by atoms with E-state index in [9.17, 15) is 9.59 Å². The van der Waals surface area contributed by atoms with Crippen molar-refractivity contribution < 1.29 is 24.2 Å². The minimum absolute atomic E-state index is 0.0700. The van der Waals surface area contributed by atoms with Crippen LogP contribution >= 0.6 is 0 Å². The Balaban J connectivity index is 4.06. The number of rotatable bonds is 7. The number of hydrogen-bond donors (Lipinski definition) is 2. The molecule has 2 N–H and O–H groups in total. The van der Waals surface area contributed by atoms with Crippen LogP contribution in [0.25, 0.3) is 0 Å². The molecule has 1 atom stereocenters. The van der Waals surface area contributed by atoms with Crippen molar-refractivity contribution in [1.82, 2.24) is 5.32 Å². The lowest BCUT2D eigenvalue weighted by Crippen LogP contribution is -2.42.